The summed E-state index contributed by atoms with van der Waals surface area (Å²) in [6.07, 6.45) is 5.18. The average molecular weight is 341 g/mol. The van der Waals surface area contributed by atoms with E-state index in [2.05, 4.69) is 22.9 Å². The van der Waals surface area contributed by atoms with E-state index in [1.54, 1.807) is 23.6 Å². The number of para-hydroxylation sites is 1. The molecule has 3 aromatic rings. The van der Waals surface area contributed by atoms with Crippen LogP contribution in [-0.2, 0) is 6.42 Å². The quantitative estimate of drug-likeness (QED) is 0.653. The number of hydrogen-bond donors (Lipinski definition) is 0. The Morgan fingerprint density at radius 3 is 2.96 bits per heavy atom. The fraction of sp³-hybridized carbons (Fsp3) is 0.368. The lowest BCUT2D eigenvalue weighted by molar-refractivity contribution is 0.272. The molecular formula is C19H20FN3S. The van der Waals surface area contributed by atoms with Gasteiger partial charge in [0.15, 0.2) is 0 Å². The van der Waals surface area contributed by atoms with Gasteiger partial charge in [-0.2, -0.15) is 4.39 Å². The van der Waals surface area contributed by atoms with Crippen molar-refractivity contribution < 1.29 is 4.39 Å². The molecule has 4 rings (SSSR count). The number of fused-ring (bicyclic) bond motifs is 1. The van der Waals surface area contributed by atoms with Gasteiger partial charge in [0.05, 0.1) is 15.2 Å². The molecule has 0 amide bonds. The molecule has 3 nitrogen and oxygen atoms in total. The summed E-state index contributed by atoms with van der Waals surface area (Å²) in [4.78, 5) is 11.2. The maximum atomic E-state index is 13.1. The van der Waals surface area contributed by atoms with Gasteiger partial charge in [-0.05, 0) is 44.5 Å². The molecule has 5 heteroatoms. The first kappa shape index (κ1) is 15.7. The predicted molar refractivity (Wildman–Crippen MR) is 96.8 cm³/mol. The molecule has 0 saturated carbocycles. The Kier molecular flexibility index (Phi) is 4.29. The number of rotatable bonds is 4. The van der Waals surface area contributed by atoms with Crippen LogP contribution in [0.25, 0.3) is 21.3 Å². The summed E-state index contributed by atoms with van der Waals surface area (Å²) >= 11 is 1.76. The Labute approximate surface area is 145 Å². The lowest BCUT2D eigenvalue weighted by atomic mass is 10.1. The van der Waals surface area contributed by atoms with Gasteiger partial charge in [0.1, 0.15) is 0 Å². The minimum Gasteiger partial charge on any atom is -0.300 e. The topological polar surface area (TPSA) is 29.0 Å². The first-order valence-corrected chi connectivity index (χ1v) is 9.27. The van der Waals surface area contributed by atoms with Crippen molar-refractivity contribution >= 4 is 21.6 Å². The Balaban J connectivity index is 1.60. The Bertz CT molecular complexity index is 843. The molecule has 1 aliphatic heterocycles. The molecule has 1 saturated heterocycles. The second kappa shape index (κ2) is 6.57. The summed E-state index contributed by atoms with van der Waals surface area (Å²) in [5.74, 6) is -0.454. The van der Waals surface area contributed by atoms with Crippen LogP contribution in [-0.4, -0.2) is 34.0 Å². The number of halogens is 1. The second-order valence-electron chi connectivity index (χ2n) is 6.41. The Morgan fingerprint density at radius 1 is 1.29 bits per heavy atom. The van der Waals surface area contributed by atoms with Crippen LogP contribution >= 0.6 is 11.3 Å². The smallest absolute Gasteiger partial charge is 0.212 e. The molecular weight excluding hydrogens is 321 g/mol. The van der Waals surface area contributed by atoms with Crippen molar-refractivity contribution in [2.75, 3.05) is 13.1 Å². The highest BCUT2D eigenvalue weighted by molar-refractivity contribution is 7.18. The van der Waals surface area contributed by atoms with Crippen molar-refractivity contribution in [3.05, 3.63) is 47.5 Å². The van der Waals surface area contributed by atoms with E-state index in [0.29, 0.717) is 6.04 Å². The summed E-state index contributed by atoms with van der Waals surface area (Å²) in [6.45, 7) is 4.60. The first-order chi connectivity index (χ1) is 11.7. The third kappa shape index (κ3) is 3.06. The zero-order chi connectivity index (χ0) is 16.5. The highest BCUT2D eigenvalue weighted by Crippen LogP contribution is 2.31. The molecule has 3 heterocycles. The summed E-state index contributed by atoms with van der Waals surface area (Å²) in [5.41, 5.74) is 2.93. The van der Waals surface area contributed by atoms with Gasteiger partial charge in [-0.1, -0.05) is 12.1 Å². The van der Waals surface area contributed by atoms with Crippen molar-refractivity contribution in [1.29, 1.82) is 0 Å². The molecule has 1 atom stereocenters. The number of likely N-dealkylation sites (tertiary alicyclic amines) is 1. The van der Waals surface area contributed by atoms with Gasteiger partial charge in [0, 0.05) is 36.3 Å². The largest absolute Gasteiger partial charge is 0.300 e. The normalized spacial score (nSPS) is 18.5. The van der Waals surface area contributed by atoms with E-state index in [-0.39, 0.29) is 0 Å². The summed E-state index contributed by atoms with van der Waals surface area (Å²) < 4.78 is 14.3. The third-order valence-electron chi connectivity index (χ3n) is 4.81. The van der Waals surface area contributed by atoms with E-state index in [9.17, 15) is 4.39 Å². The number of hydrogen-bond acceptors (Lipinski definition) is 4. The summed E-state index contributed by atoms with van der Waals surface area (Å²) in [7, 11) is 0. The van der Waals surface area contributed by atoms with Crippen LogP contribution < -0.4 is 0 Å². The molecule has 0 N–H and O–H groups in total. The lowest BCUT2D eigenvalue weighted by Crippen LogP contribution is -2.28. The van der Waals surface area contributed by atoms with Gasteiger partial charge >= 0.3 is 0 Å². The second-order valence-corrected chi connectivity index (χ2v) is 7.52. The molecule has 124 valence electrons. The van der Waals surface area contributed by atoms with Gasteiger partial charge in [0.2, 0.25) is 5.95 Å². The fourth-order valence-corrected chi connectivity index (χ4v) is 4.42. The van der Waals surface area contributed by atoms with Gasteiger partial charge in [-0.3, -0.25) is 0 Å². The van der Waals surface area contributed by atoms with Gasteiger partial charge < -0.3 is 4.90 Å². The number of thiazole rings is 1. The van der Waals surface area contributed by atoms with Crippen LogP contribution in [0.1, 0.15) is 24.8 Å². The minimum absolute atomic E-state index is 0.454. The van der Waals surface area contributed by atoms with E-state index >= 15 is 0 Å². The predicted octanol–water partition coefficient (Wildman–Crippen LogP) is 4.52. The van der Waals surface area contributed by atoms with Crippen molar-refractivity contribution in [3.63, 3.8) is 0 Å². The van der Waals surface area contributed by atoms with Crippen LogP contribution in [0.5, 0.6) is 0 Å². The molecule has 1 fully saturated rings. The fourth-order valence-electron chi connectivity index (χ4n) is 3.43. The van der Waals surface area contributed by atoms with E-state index in [0.717, 1.165) is 29.6 Å². The van der Waals surface area contributed by atoms with Crippen molar-refractivity contribution in [2.24, 2.45) is 0 Å². The Morgan fingerprint density at radius 2 is 2.21 bits per heavy atom. The van der Waals surface area contributed by atoms with Crippen molar-refractivity contribution in [1.82, 2.24) is 14.9 Å². The number of aromatic nitrogens is 2. The molecule has 2 aromatic heterocycles. The highest BCUT2D eigenvalue weighted by atomic mass is 32.1. The summed E-state index contributed by atoms with van der Waals surface area (Å²) in [6, 6.07) is 10.0. The maximum Gasteiger partial charge on any atom is 0.212 e. The molecule has 0 aliphatic carbocycles. The third-order valence-corrected chi connectivity index (χ3v) is 5.89. The van der Waals surface area contributed by atoms with E-state index < -0.39 is 5.95 Å². The molecule has 1 aromatic carbocycles. The average Bonchev–Trinajstić information content (AvgIpc) is 3.19. The van der Waals surface area contributed by atoms with Gasteiger partial charge in [-0.15, -0.1) is 11.3 Å². The van der Waals surface area contributed by atoms with E-state index in [4.69, 9.17) is 4.98 Å². The maximum absolute atomic E-state index is 13.1. The van der Waals surface area contributed by atoms with Crippen LogP contribution in [0.3, 0.4) is 0 Å². The zero-order valence-corrected chi connectivity index (χ0v) is 14.5. The number of benzene rings is 1. The van der Waals surface area contributed by atoms with Crippen LogP contribution in [0, 0.1) is 5.95 Å². The lowest BCUT2D eigenvalue weighted by Gasteiger charge is -2.19. The van der Waals surface area contributed by atoms with Crippen LogP contribution in [0.15, 0.2) is 36.5 Å². The summed E-state index contributed by atoms with van der Waals surface area (Å²) in [5, 5.41) is 1.17. The molecule has 1 unspecified atom stereocenters. The van der Waals surface area contributed by atoms with E-state index in [1.807, 2.05) is 12.1 Å². The van der Waals surface area contributed by atoms with Gasteiger partial charge in [0.25, 0.3) is 0 Å². The first-order valence-electron chi connectivity index (χ1n) is 8.45. The molecule has 1 aliphatic rings. The molecule has 0 bridgehead atoms. The Hall–Kier alpha value is -1.85. The van der Waals surface area contributed by atoms with Crippen molar-refractivity contribution in [2.45, 2.75) is 32.2 Å². The van der Waals surface area contributed by atoms with Crippen LogP contribution in [0.4, 0.5) is 4.39 Å². The SMILES string of the molecule is CC1CCCN1CCc1nc2c(-c3ccc(F)nc3)cccc2s1. The number of pyridine rings is 1. The zero-order valence-electron chi connectivity index (χ0n) is 13.7. The minimum atomic E-state index is -0.454. The van der Waals surface area contributed by atoms with E-state index in [1.165, 1.54) is 35.2 Å². The van der Waals surface area contributed by atoms with Gasteiger partial charge in [-0.25, -0.2) is 9.97 Å². The van der Waals surface area contributed by atoms with Crippen LogP contribution in [0.2, 0.25) is 0 Å². The molecule has 0 radical (unpaired) electrons. The number of nitrogens with zero attached hydrogens (tertiary/aromatic N) is 3. The van der Waals surface area contributed by atoms with Crippen molar-refractivity contribution in [3.8, 4) is 11.1 Å². The molecule has 24 heavy (non-hydrogen) atoms. The molecule has 0 spiro atoms. The highest BCUT2D eigenvalue weighted by Gasteiger charge is 2.20. The monoisotopic (exact) mass is 341 g/mol. The standard InChI is InChI=1S/C19H20FN3S/c1-13-4-3-10-23(13)11-9-18-22-19-15(5-2-6-16(19)24-18)14-7-8-17(20)21-12-14/h2,5-8,12-13H,3-4,9-11H2,1H3.